The molecule has 2 aromatic rings. The van der Waals surface area contributed by atoms with Crippen LogP contribution in [0, 0.1) is 5.82 Å². The third-order valence-electron chi connectivity index (χ3n) is 3.02. The smallest absolute Gasteiger partial charge is 0.258 e. The van der Waals surface area contributed by atoms with Crippen molar-refractivity contribution in [2.75, 3.05) is 12.9 Å². The maximum Gasteiger partial charge on any atom is 0.258 e. The molecule has 0 fully saturated rings. The molecule has 0 bridgehead atoms. The van der Waals surface area contributed by atoms with Gasteiger partial charge in [0.25, 0.3) is 5.91 Å². The Bertz CT molecular complexity index is 771. The molecule has 0 saturated heterocycles. The van der Waals surface area contributed by atoms with E-state index in [-0.39, 0.29) is 29.8 Å². The summed E-state index contributed by atoms with van der Waals surface area (Å²) in [6.07, 6.45) is 1.14. The fraction of sp³-hybridized carbons (Fsp3) is 0.188. The van der Waals surface area contributed by atoms with Crippen LogP contribution >= 0.6 is 0 Å². The molecule has 0 spiro atoms. The molecule has 5 nitrogen and oxygen atoms in total. The van der Waals surface area contributed by atoms with Crippen LogP contribution in [0.15, 0.2) is 53.4 Å². The molecule has 1 N–H and O–H groups in total. The predicted octanol–water partition coefficient (Wildman–Crippen LogP) is 1.92. The molecule has 0 unspecified atom stereocenters. The standard InChI is InChI=1S/C16H16FNO4S/c1-23(20,21)15-8-2-12(3-9-15)10-18-16(19)11-22-14-6-4-13(17)5-7-14/h2-9H,10-11H2,1H3,(H,18,19). The van der Waals surface area contributed by atoms with Gasteiger partial charge in [-0.1, -0.05) is 12.1 Å². The molecule has 0 aromatic heterocycles. The topological polar surface area (TPSA) is 72.5 Å². The highest BCUT2D eigenvalue weighted by Gasteiger charge is 2.07. The Morgan fingerprint density at radius 3 is 2.26 bits per heavy atom. The molecule has 122 valence electrons. The molecule has 1 amide bonds. The number of sulfone groups is 1. The number of rotatable bonds is 6. The van der Waals surface area contributed by atoms with E-state index in [1.807, 2.05) is 0 Å². The van der Waals surface area contributed by atoms with E-state index < -0.39 is 9.84 Å². The summed E-state index contributed by atoms with van der Waals surface area (Å²) in [5.74, 6) is -0.306. The maximum atomic E-state index is 12.7. The Kier molecular flexibility index (Phi) is 5.33. The number of hydrogen-bond acceptors (Lipinski definition) is 4. The molecule has 2 rings (SSSR count). The van der Waals surface area contributed by atoms with Crippen molar-refractivity contribution in [1.82, 2.24) is 5.32 Å². The van der Waals surface area contributed by atoms with Crippen molar-refractivity contribution in [3.05, 3.63) is 59.9 Å². The van der Waals surface area contributed by atoms with Crippen molar-refractivity contribution in [3.8, 4) is 5.75 Å². The Hall–Kier alpha value is -2.41. The molecule has 0 aliphatic heterocycles. The van der Waals surface area contributed by atoms with Crippen molar-refractivity contribution in [2.24, 2.45) is 0 Å². The normalized spacial score (nSPS) is 11.0. The lowest BCUT2D eigenvalue weighted by molar-refractivity contribution is -0.123. The summed E-state index contributed by atoms with van der Waals surface area (Å²) in [4.78, 5) is 11.9. The van der Waals surface area contributed by atoms with E-state index in [4.69, 9.17) is 4.74 Å². The number of amides is 1. The highest BCUT2D eigenvalue weighted by molar-refractivity contribution is 7.90. The summed E-state index contributed by atoms with van der Waals surface area (Å²) in [5.41, 5.74) is 0.771. The van der Waals surface area contributed by atoms with Crippen LogP contribution in [0.2, 0.25) is 0 Å². The SMILES string of the molecule is CS(=O)(=O)c1ccc(CNC(=O)COc2ccc(F)cc2)cc1. The largest absolute Gasteiger partial charge is 0.484 e. The van der Waals surface area contributed by atoms with Crippen LogP contribution in [-0.4, -0.2) is 27.2 Å². The summed E-state index contributed by atoms with van der Waals surface area (Å²) < 4.78 is 40.6. The molecule has 0 saturated carbocycles. The summed E-state index contributed by atoms with van der Waals surface area (Å²) in [6, 6.07) is 11.6. The Morgan fingerprint density at radius 1 is 1.09 bits per heavy atom. The first-order valence-corrected chi connectivity index (χ1v) is 8.68. The summed E-state index contributed by atoms with van der Waals surface area (Å²) in [5, 5.41) is 2.65. The molecule has 0 aliphatic carbocycles. The van der Waals surface area contributed by atoms with Crippen LogP contribution in [0.5, 0.6) is 5.75 Å². The summed E-state index contributed by atoms with van der Waals surface area (Å²) in [6.45, 7) is 0.0721. The van der Waals surface area contributed by atoms with Crippen molar-refractivity contribution in [2.45, 2.75) is 11.4 Å². The number of nitrogens with one attached hydrogen (secondary N) is 1. The molecular formula is C16H16FNO4S. The van der Waals surface area contributed by atoms with Crippen molar-refractivity contribution in [1.29, 1.82) is 0 Å². The van der Waals surface area contributed by atoms with Crippen LogP contribution in [0.3, 0.4) is 0 Å². The highest BCUT2D eigenvalue weighted by Crippen LogP contribution is 2.11. The van der Waals surface area contributed by atoms with Gasteiger partial charge in [0.2, 0.25) is 0 Å². The number of hydrogen-bond donors (Lipinski definition) is 1. The third kappa shape index (κ3) is 5.37. The molecule has 0 aliphatic rings. The van der Waals surface area contributed by atoms with Gasteiger partial charge in [-0.2, -0.15) is 0 Å². The molecule has 23 heavy (non-hydrogen) atoms. The van der Waals surface area contributed by atoms with Gasteiger partial charge in [0.15, 0.2) is 16.4 Å². The number of ether oxygens (including phenoxy) is 1. The molecule has 0 heterocycles. The molecule has 0 radical (unpaired) electrons. The van der Waals surface area contributed by atoms with Crippen molar-refractivity contribution in [3.63, 3.8) is 0 Å². The summed E-state index contributed by atoms with van der Waals surface area (Å²) in [7, 11) is -3.23. The van der Waals surface area contributed by atoms with Crippen LogP contribution in [0.1, 0.15) is 5.56 Å². The van der Waals surface area contributed by atoms with E-state index in [1.165, 1.54) is 36.4 Å². The number of benzene rings is 2. The van der Waals surface area contributed by atoms with Gasteiger partial charge < -0.3 is 10.1 Å². The van der Waals surface area contributed by atoms with E-state index in [2.05, 4.69) is 5.32 Å². The first-order chi connectivity index (χ1) is 10.8. The van der Waals surface area contributed by atoms with Crippen LogP contribution in [-0.2, 0) is 21.2 Å². The lowest BCUT2D eigenvalue weighted by Gasteiger charge is -2.08. The quantitative estimate of drug-likeness (QED) is 0.874. The van der Waals surface area contributed by atoms with Crippen LogP contribution in [0.25, 0.3) is 0 Å². The van der Waals surface area contributed by atoms with Crippen molar-refractivity contribution < 1.29 is 22.3 Å². The average Bonchev–Trinajstić information content (AvgIpc) is 2.52. The van der Waals surface area contributed by atoms with Crippen molar-refractivity contribution >= 4 is 15.7 Å². The minimum atomic E-state index is -3.23. The Labute approximate surface area is 134 Å². The molecular weight excluding hydrogens is 321 g/mol. The maximum absolute atomic E-state index is 12.7. The van der Waals surface area contributed by atoms with Gasteiger partial charge in [0, 0.05) is 12.8 Å². The summed E-state index contributed by atoms with van der Waals surface area (Å²) >= 11 is 0. The lowest BCUT2D eigenvalue weighted by Crippen LogP contribution is -2.28. The fourth-order valence-corrected chi connectivity index (χ4v) is 2.42. The van der Waals surface area contributed by atoms with E-state index >= 15 is 0 Å². The minimum absolute atomic E-state index is 0.187. The Morgan fingerprint density at radius 2 is 1.70 bits per heavy atom. The van der Waals surface area contributed by atoms with Gasteiger partial charge >= 0.3 is 0 Å². The minimum Gasteiger partial charge on any atom is -0.484 e. The van der Waals surface area contributed by atoms with Crippen LogP contribution in [0.4, 0.5) is 4.39 Å². The van der Waals surface area contributed by atoms with Gasteiger partial charge in [-0.3, -0.25) is 4.79 Å². The second-order valence-corrected chi connectivity index (χ2v) is 6.95. The third-order valence-corrected chi connectivity index (χ3v) is 4.15. The van der Waals surface area contributed by atoms with E-state index in [0.29, 0.717) is 5.75 Å². The zero-order valence-electron chi connectivity index (χ0n) is 12.5. The Balaban J connectivity index is 1.81. The van der Waals surface area contributed by atoms with E-state index in [0.717, 1.165) is 11.8 Å². The first-order valence-electron chi connectivity index (χ1n) is 6.79. The second-order valence-electron chi connectivity index (χ2n) is 4.94. The van der Waals surface area contributed by atoms with Gasteiger partial charge in [-0.25, -0.2) is 12.8 Å². The lowest BCUT2D eigenvalue weighted by atomic mass is 10.2. The average molecular weight is 337 g/mol. The van der Waals surface area contributed by atoms with Gasteiger partial charge in [-0.15, -0.1) is 0 Å². The fourth-order valence-electron chi connectivity index (χ4n) is 1.79. The highest BCUT2D eigenvalue weighted by atomic mass is 32.2. The monoisotopic (exact) mass is 337 g/mol. The van der Waals surface area contributed by atoms with Gasteiger partial charge in [-0.05, 0) is 42.0 Å². The first kappa shape index (κ1) is 17.0. The number of carbonyl (C=O) groups excluding carboxylic acids is 1. The van der Waals surface area contributed by atoms with Crippen LogP contribution < -0.4 is 10.1 Å². The molecule has 2 aromatic carbocycles. The van der Waals surface area contributed by atoms with E-state index in [1.54, 1.807) is 12.1 Å². The zero-order chi connectivity index (χ0) is 16.9. The zero-order valence-corrected chi connectivity index (χ0v) is 13.3. The number of halogens is 1. The van der Waals surface area contributed by atoms with E-state index in [9.17, 15) is 17.6 Å². The van der Waals surface area contributed by atoms with Gasteiger partial charge in [0.1, 0.15) is 11.6 Å². The predicted molar refractivity (Wildman–Crippen MR) is 83.3 cm³/mol. The number of carbonyl (C=O) groups is 1. The molecule has 7 heteroatoms. The second kappa shape index (κ2) is 7.23. The van der Waals surface area contributed by atoms with Gasteiger partial charge in [0.05, 0.1) is 4.90 Å². The molecule has 0 atom stereocenters.